The van der Waals surface area contributed by atoms with Gasteiger partial charge in [0.05, 0.1) is 27.2 Å². The van der Waals surface area contributed by atoms with Gasteiger partial charge in [-0.25, -0.2) is 4.39 Å². The molecule has 1 aromatic carbocycles. The third-order valence-electron chi connectivity index (χ3n) is 2.66. The summed E-state index contributed by atoms with van der Waals surface area (Å²) in [6.07, 6.45) is 1.74. The molecule has 0 saturated heterocycles. The third kappa shape index (κ3) is 2.90. The van der Waals surface area contributed by atoms with Gasteiger partial charge in [-0.05, 0) is 47.2 Å². The van der Waals surface area contributed by atoms with E-state index in [1.807, 2.05) is 41.6 Å². The molecule has 0 aliphatic carbocycles. The number of benzene rings is 1. The molecule has 0 saturated carbocycles. The number of nitrogen functional groups attached to an aromatic ring is 1. The van der Waals surface area contributed by atoms with Crippen LogP contribution in [0.15, 0.2) is 30.5 Å². The van der Waals surface area contributed by atoms with E-state index in [2.05, 4.69) is 10.3 Å². The van der Waals surface area contributed by atoms with E-state index in [0.29, 0.717) is 21.5 Å². The molecule has 0 spiro atoms. The molecule has 0 amide bonds. The highest BCUT2D eigenvalue weighted by Crippen LogP contribution is 2.24. The number of nitrogens with one attached hydrogen (secondary N) is 1. The van der Waals surface area contributed by atoms with Crippen LogP contribution in [0.4, 0.5) is 15.8 Å². The first-order chi connectivity index (χ1) is 8.58. The maximum absolute atomic E-state index is 13.4. The van der Waals surface area contributed by atoms with Crippen molar-refractivity contribution < 1.29 is 4.39 Å². The summed E-state index contributed by atoms with van der Waals surface area (Å²) in [5, 5.41) is 3.11. The summed E-state index contributed by atoms with van der Waals surface area (Å²) in [4.78, 5) is 4.26. The molecule has 0 fully saturated rings. The van der Waals surface area contributed by atoms with Gasteiger partial charge in [-0.1, -0.05) is 6.07 Å². The van der Waals surface area contributed by atoms with E-state index in [1.54, 1.807) is 12.3 Å². The summed E-state index contributed by atoms with van der Waals surface area (Å²) < 4.78 is 14.0. The molecule has 0 atom stereocenters. The van der Waals surface area contributed by atoms with Crippen molar-refractivity contribution in [2.45, 2.75) is 13.5 Å². The first kappa shape index (κ1) is 13.1. The topological polar surface area (TPSA) is 50.9 Å². The van der Waals surface area contributed by atoms with Crippen molar-refractivity contribution >= 4 is 34.0 Å². The maximum atomic E-state index is 13.4. The van der Waals surface area contributed by atoms with Crippen LogP contribution in [-0.4, -0.2) is 4.98 Å². The molecule has 0 aliphatic rings. The van der Waals surface area contributed by atoms with Crippen molar-refractivity contribution in [3.63, 3.8) is 0 Å². The van der Waals surface area contributed by atoms with Gasteiger partial charge in [-0.3, -0.25) is 4.98 Å². The minimum Gasteiger partial charge on any atom is -0.397 e. The Morgan fingerprint density at radius 1 is 1.44 bits per heavy atom. The number of anilines is 2. The Morgan fingerprint density at radius 2 is 2.22 bits per heavy atom. The molecule has 1 aromatic heterocycles. The number of pyridine rings is 1. The van der Waals surface area contributed by atoms with Gasteiger partial charge in [0, 0.05) is 12.3 Å². The van der Waals surface area contributed by atoms with Crippen LogP contribution < -0.4 is 11.1 Å². The van der Waals surface area contributed by atoms with Crippen molar-refractivity contribution in [1.29, 1.82) is 0 Å². The molecule has 5 heteroatoms. The van der Waals surface area contributed by atoms with Gasteiger partial charge in [-0.2, -0.15) is 0 Å². The molecule has 2 rings (SSSR count). The van der Waals surface area contributed by atoms with Crippen molar-refractivity contribution in [3.05, 3.63) is 51.1 Å². The summed E-state index contributed by atoms with van der Waals surface area (Å²) in [7, 11) is 0. The number of halogens is 2. The van der Waals surface area contributed by atoms with Crippen molar-refractivity contribution in [3.8, 4) is 0 Å². The Labute approximate surface area is 119 Å². The molecule has 3 nitrogen and oxygen atoms in total. The lowest BCUT2D eigenvalue weighted by Gasteiger charge is -2.11. The zero-order chi connectivity index (χ0) is 13.1. The van der Waals surface area contributed by atoms with Crippen molar-refractivity contribution in [2.24, 2.45) is 0 Å². The second kappa shape index (κ2) is 5.51. The summed E-state index contributed by atoms with van der Waals surface area (Å²) in [6, 6.07) is 6.90. The molecule has 2 aromatic rings. The van der Waals surface area contributed by atoms with Crippen LogP contribution >= 0.6 is 22.6 Å². The Morgan fingerprint density at radius 3 is 2.94 bits per heavy atom. The fraction of sp³-hybridized carbons (Fsp3) is 0.154. The van der Waals surface area contributed by atoms with Gasteiger partial charge in [0.1, 0.15) is 5.82 Å². The summed E-state index contributed by atoms with van der Waals surface area (Å²) in [6.45, 7) is 2.51. The molecule has 0 bridgehead atoms. The monoisotopic (exact) mass is 357 g/mol. The van der Waals surface area contributed by atoms with E-state index in [0.717, 1.165) is 11.3 Å². The van der Waals surface area contributed by atoms with Crippen LogP contribution in [0.5, 0.6) is 0 Å². The second-order valence-corrected chi connectivity index (χ2v) is 5.14. The van der Waals surface area contributed by atoms with Gasteiger partial charge < -0.3 is 11.1 Å². The fourth-order valence-electron chi connectivity index (χ4n) is 1.60. The van der Waals surface area contributed by atoms with Gasteiger partial charge in [0.15, 0.2) is 0 Å². The third-order valence-corrected chi connectivity index (χ3v) is 3.48. The van der Waals surface area contributed by atoms with Crippen LogP contribution in [0.2, 0.25) is 0 Å². The van der Waals surface area contributed by atoms with E-state index in [9.17, 15) is 4.39 Å². The van der Waals surface area contributed by atoms with E-state index in [1.165, 1.54) is 6.07 Å². The first-order valence-electron chi connectivity index (χ1n) is 5.47. The average Bonchev–Trinajstić information content (AvgIpc) is 2.34. The van der Waals surface area contributed by atoms with Crippen LogP contribution in [-0.2, 0) is 6.54 Å². The molecule has 94 valence electrons. The normalized spacial score (nSPS) is 10.4. The minimum absolute atomic E-state index is 0.273. The highest BCUT2D eigenvalue weighted by molar-refractivity contribution is 14.1. The lowest BCUT2D eigenvalue weighted by Crippen LogP contribution is -2.06. The van der Waals surface area contributed by atoms with Crippen molar-refractivity contribution in [2.75, 3.05) is 11.1 Å². The predicted octanol–water partition coefficient (Wildman–Crippen LogP) is 3.33. The largest absolute Gasteiger partial charge is 0.397 e. The number of aryl methyl sites for hydroxylation is 1. The van der Waals surface area contributed by atoms with Crippen LogP contribution in [0.25, 0.3) is 0 Å². The van der Waals surface area contributed by atoms with Crippen LogP contribution in [0.3, 0.4) is 0 Å². The standard InChI is InChI=1S/C13H13FIN3/c1-8-3-2-4-17-13(8)7-18-12-5-9(14)10(15)6-11(12)16/h2-6,18H,7,16H2,1H3. The Bertz CT molecular complexity index is 572. The lowest BCUT2D eigenvalue weighted by molar-refractivity contribution is 0.621. The van der Waals surface area contributed by atoms with Gasteiger partial charge in [0.25, 0.3) is 0 Å². The molecule has 0 aliphatic heterocycles. The summed E-state index contributed by atoms with van der Waals surface area (Å²) >= 11 is 1.92. The zero-order valence-electron chi connectivity index (χ0n) is 9.87. The minimum atomic E-state index is -0.273. The number of hydrogen-bond donors (Lipinski definition) is 2. The Balaban J connectivity index is 2.16. The molecule has 0 unspecified atom stereocenters. The van der Waals surface area contributed by atoms with Crippen LogP contribution in [0.1, 0.15) is 11.3 Å². The highest BCUT2D eigenvalue weighted by atomic mass is 127. The number of nitrogens with zero attached hydrogens (tertiary/aromatic N) is 1. The zero-order valence-corrected chi connectivity index (χ0v) is 12.0. The van der Waals surface area contributed by atoms with E-state index in [-0.39, 0.29) is 5.82 Å². The molecule has 1 heterocycles. The molecular weight excluding hydrogens is 344 g/mol. The second-order valence-electron chi connectivity index (χ2n) is 3.97. The molecule has 18 heavy (non-hydrogen) atoms. The number of rotatable bonds is 3. The quantitative estimate of drug-likeness (QED) is 0.655. The predicted molar refractivity (Wildman–Crippen MR) is 79.8 cm³/mol. The maximum Gasteiger partial charge on any atom is 0.138 e. The summed E-state index contributed by atoms with van der Waals surface area (Å²) in [5.74, 6) is -0.273. The Hall–Kier alpha value is -1.37. The summed E-state index contributed by atoms with van der Waals surface area (Å²) in [5.41, 5.74) is 8.99. The van der Waals surface area contributed by atoms with Gasteiger partial charge >= 0.3 is 0 Å². The van der Waals surface area contributed by atoms with Gasteiger partial charge in [0.2, 0.25) is 0 Å². The molecular formula is C13H13FIN3. The number of nitrogens with two attached hydrogens (primary N) is 1. The number of hydrogen-bond acceptors (Lipinski definition) is 3. The molecule has 3 N–H and O–H groups in total. The van der Waals surface area contributed by atoms with E-state index >= 15 is 0 Å². The van der Waals surface area contributed by atoms with E-state index < -0.39 is 0 Å². The average molecular weight is 357 g/mol. The van der Waals surface area contributed by atoms with E-state index in [4.69, 9.17) is 5.73 Å². The highest BCUT2D eigenvalue weighted by Gasteiger charge is 2.06. The molecule has 0 radical (unpaired) electrons. The van der Waals surface area contributed by atoms with Gasteiger partial charge in [-0.15, -0.1) is 0 Å². The fourth-order valence-corrected chi connectivity index (χ4v) is 2.09. The lowest BCUT2D eigenvalue weighted by atomic mass is 10.2. The van der Waals surface area contributed by atoms with Crippen molar-refractivity contribution in [1.82, 2.24) is 4.98 Å². The van der Waals surface area contributed by atoms with Crippen LogP contribution in [0, 0.1) is 16.3 Å². The number of aromatic nitrogens is 1. The Kier molecular flexibility index (Phi) is 4.00. The first-order valence-corrected chi connectivity index (χ1v) is 6.54. The SMILES string of the molecule is Cc1cccnc1CNc1cc(F)c(I)cc1N. The smallest absolute Gasteiger partial charge is 0.138 e.